The molecule has 3 heteroatoms. The van der Waals surface area contributed by atoms with Gasteiger partial charge in [-0.25, -0.2) is 0 Å². The molecule has 1 aliphatic heterocycles. The monoisotopic (exact) mass is 241 g/mol. The van der Waals surface area contributed by atoms with Gasteiger partial charge in [-0.1, -0.05) is 30.4 Å². The van der Waals surface area contributed by atoms with Crippen molar-refractivity contribution >= 4 is 16.8 Å². The summed E-state index contributed by atoms with van der Waals surface area (Å²) in [4.78, 5) is 14.5. The first-order valence-electron chi connectivity index (χ1n) is 6.21. The molecular formula is C15H15NO2. The quantitative estimate of drug-likeness (QED) is 0.878. The van der Waals surface area contributed by atoms with Crippen LogP contribution < -0.4 is 5.56 Å². The smallest absolute Gasteiger partial charge is 0.255 e. The molecule has 0 aliphatic carbocycles. The molecule has 2 heterocycles. The Morgan fingerprint density at radius 1 is 1.28 bits per heavy atom. The highest BCUT2D eigenvalue weighted by molar-refractivity contribution is 5.89. The van der Waals surface area contributed by atoms with Crippen LogP contribution in [0.25, 0.3) is 16.8 Å². The van der Waals surface area contributed by atoms with Crippen molar-refractivity contribution in [3.05, 3.63) is 52.5 Å². The summed E-state index contributed by atoms with van der Waals surface area (Å²) in [6.07, 6.45) is 7.11. The number of rotatable bonds is 2. The van der Waals surface area contributed by atoms with Crippen molar-refractivity contribution in [3.63, 3.8) is 0 Å². The van der Waals surface area contributed by atoms with E-state index in [4.69, 9.17) is 4.74 Å². The Labute approximate surface area is 105 Å². The van der Waals surface area contributed by atoms with Crippen LogP contribution in [0.5, 0.6) is 0 Å². The number of nitrogens with one attached hydrogen (secondary N) is 1. The van der Waals surface area contributed by atoms with Crippen molar-refractivity contribution in [2.75, 3.05) is 13.2 Å². The zero-order valence-electron chi connectivity index (χ0n) is 10.1. The number of benzene rings is 1. The maximum atomic E-state index is 11.7. The lowest BCUT2D eigenvalue weighted by molar-refractivity contribution is 0.191. The number of H-pyrrole nitrogens is 1. The van der Waals surface area contributed by atoms with Crippen LogP contribution >= 0.6 is 0 Å². The Bertz CT molecular complexity index is 636. The van der Waals surface area contributed by atoms with Crippen LogP contribution in [0.2, 0.25) is 0 Å². The molecule has 1 atom stereocenters. The molecule has 0 bridgehead atoms. The zero-order valence-corrected chi connectivity index (χ0v) is 10.1. The largest absolute Gasteiger partial charge is 0.381 e. The number of aromatic amines is 1. The second kappa shape index (κ2) is 4.78. The summed E-state index contributed by atoms with van der Waals surface area (Å²) in [5.41, 5.74) is 1.02. The summed E-state index contributed by atoms with van der Waals surface area (Å²) in [6, 6.07) is 7.67. The molecule has 92 valence electrons. The predicted molar refractivity (Wildman–Crippen MR) is 72.5 cm³/mol. The molecule has 2 aromatic rings. The van der Waals surface area contributed by atoms with Crippen molar-refractivity contribution in [2.45, 2.75) is 6.42 Å². The molecule has 3 nitrogen and oxygen atoms in total. The Balaban J connectivity index is 2.01. The van der Waals surface area contributed by atoms with E-state index in [0.29, 0.717) is 5.92 Å². The van der Waals surface area contributed by atoms with Crippen molar-refractivity contribution in [3.8, 4) is 0 Å². The first-order chi connectivity index (χ1) is 8.84. The molecule has 1 aromatic carbocycles. The van der Waals surface area contributed by atoms with Crippen molar-refractivity contribution in [1.82, 2.24) is 4.98 Å². The predicted octanol–water partition coefficient (Wildman–Crippen LogP) is 2.58. The summed E-state index contributed by atoms with van der Waals surface area (Å²) >= 11 is 0. The molecule has 0 saturated carbocycles. The minimum Gasteiger partial charge on any atom is -0.381 e. The third-order valence-corrected chi connectivity index (χ3v) is 3.35. The third kappa shape index (κ3) is 2.09. The Morgan fingerprint density at radius 2 is 2.11 bits per heavy atom. The molecule has 1 aliphatic rings. The van der Waals surface area contributed by atoms with E-state index < -0.39 is 0 Å². The number of pyridine rings is 1. The van der Waals surface area contributed by atoms with Crippen LogP contribution in [0.3, 0.4) is 0 Å². The minimum atomic E-state index is -0.0352. The van der Waals surface area contributed by atoms with Crippen molar-refractivity contribution in [2.24, 2.45) is 5.92 Å². The van der Waals surface area contributed by atoms with Gasteiger partial charge in [-0.05, 0) is 23.4 Å². The average Bonchev–Trinajstić information content (AvgIpc) is 2.92. The molecule has 1 aromatic heterocycles. The summed E-state index contributed by atoms with van der Waals surface area (Å²) in [5, 5.41) is 1.73. The lowest BCUT2D eigenvalue weighted by Gasteiger charge is -2.02. The average molecular weight is 241 g/mol. The first-order valence-corrected chi connectivity index (χ1v) is 6.21. The standard InChI is InChI=1S/C15H15NO2/c17-15-14-4-2-1-3-13(14)12(9-16-15)6-5-11-7-8-18-10-11/h1-6,9,11H,7-8,10H2,(H,16,17)/b6-5+. The second-order valence-corrected chi connectivity index (χ2v) is 4.60. The first kappa shape index (κ1) is 11.2. The van der Waals surface area contributed by atoms with Crippen LogP contribution in [0.15, 0.2) is 41.3 Å². The van der Waals surface area contributed by atoms with Gasteiger partial charge in [0.05, 0.1) is 6.61 Å². The van der Waals surface area contributed by atoms with Gasteiger partial charge in [-0.3, -0.25) is 4.79 Å². The fraction of sp³-hybridized carbons (Fsp3) is 0.267. The normalized spacial score (nSPS) is 19.9. The summed E-state index contributed by atoms with van der Waals surface area (Å²) in [6.45, 7) is 1.65. The van der Waals surface area contributed by atoms with E-state index in [1.165, 1.54) is 0 Å². The molecule has 1 unspecified atom stereocenters. The van der Waals surface area contributed by atoms with E-state index in [0.717, 1.165) is 36.0 Å². The van der Waals surface area contributed by atoms with E-state index in [9.17, 15) is 4.79 Å². The van der Waals surface area contributed by atoms with Gasteiger partial charge in [-0.2, -0.15) is 0 Å². The fourth-order valence-corrected chi connectivity index (χ4v) is 2.31. The van der Waals surface area contributed by atoms with E-state index in [-0.39, 0.29) is 5.56 Å². The highest BCUT2D eigenvalue weighted by atomic mass is 16.5. The molecular weight excluding hydrogens is 226 g/mol. The van der Waals surface area contributed by atoms with Crippen LogP contribution in [0, 0.1) is 5.92 Å². The van der Waals surface area contributed by atoms with Gasteiger partial charge in [0, 0.05) is 24.1 Å². The number of fused-ring (bicyclic) bond motifs is 1. The van der Waals surface area contributed by atoms with E-state index >= 15 is 0 Å². The summed E-state index contributed by atoms with van der Waals surface area (Å²) in [7, 11) is 0. The molecule has 0 amide bonds. The topological polar surface area (TPSA) is 42.1 Å². The lowest BCUT2D eigenvalue weighted by atomic mass is 10.0. The summed E-state index contributed by atoms with van der Waals surface area (Å²) in [5.74, 6) is 0.496. The number of hydrogen-bond donors (Lipinski definition) is 1. The van der Waals surface area contributed by atoms with Gasteiger partial charge in [-0.15, -0.1) is 0 Å². The molecule has 1 fully saturated rings. The van der Waals surface area contributed by atoms with Gasteiger partial charge in [0.2, 0.25) is 0 Å². The fourth-order valence-electron chi connectivity index (χ4n) is 2.31. The van der Waals surface area contributed by atoms with Crippen LogP contribution in [0.4, 0.5) is 0 Å². The molecule has 1 N–H and O–H groups in total. The molecule has 18 heavy (non-hydrogen) atoms. The van der Waals surface area contributed by atoms with Gasteiger partial charge < -0.3 is 9.72 Å². The van der Waals surface area contributed by atoms with E-state index in [2.05, 4.69) is 17.1 Å². The van der Waals surface area contributed by atoms with E-state index in [1.807, 2.05) is 24.3 Å². The highest BCUT2D eigenvalue weighted by Gasteiger charge is 2.11. The molecule has 0 radical (unpaired) electrons. The number of aromatic nitrogens is 1. The second-order valence-electron chi connectivity index (χ2n) is 4.60. The number of ether oxygens (including phenoxy) is 1. The minimum absolute atomic E-state index is 0.0352. The molecule has 0 spiro atoms. The molecule has 1 saturated heterocycles. The Morgan fingerprint density at radius 3 is 2.89 bits per heavy atom. The lowest BCUT2D eigenvalue weighted by Crippen LogP contribution is -2.05. The Kier molecular flexibility index (Phi) is 2.99. The maximum Gasteiger partial charge on any atom is 0.255 e. The maximum absolute atomic E-state index is 11.7. The van der Waals surface area contributed by atoms with Gasteiger partial charge in [0.25, 0.3) is 5.56 Å². The molecule has 3 rings (SSSR count). The number of hydrogen-bond acceptors (Lipinski definition) is 2. The van der Waals surface area contributed by atoms with Crippen molar-refractivity contribution in [1.29, 1.82) is 0 Å². The van der Waals surface area contributed by atoms with Crippen LogP contribution in [-0.4, -0.2) is 18.2 Å². The zero-order chi connectivity index (χ0) is 12.4. The Hall–Kier alpha value is -1.87. The van der Waals surface area contributed by atoms with E-state index in [1.54, 1.807) is 6.20 Å². The summed E-state index contributed by atoms with van der Waals surface area (Å²) < 4.78 is 5.34. The van der Waals surface area contributed by atoms with Gasteiger partial charge in [0.1, 0.15) is 0 Å². The third-order valence-electron chi connectivity index (χ3n) is 3.35. The van der Waals surface area contributed by atoms with Crippen LogP contribution in [-0.2, 0) is 4.74 Å². The highest BCUT2D eigenvalue weighted by Crippen LogP contribution is 2.19. The van der Waals surface area contributed by atoms with Gasteiger partial charge >= 0.3 is 0 Å². The van der Waals surface area contributed by atoms with Crippen LogP contribution in [0.1, 0.15) is 12.0 Å². The van der Waals surface area contributed by atoms with Crippen molar-refractivity contribution < 1.29 is 4.74 Å². The SMILES string of the molecule is O=c1[nH]cc(/C=C/C2CCOC2)c2ccccc12. The van der Waals surface area contributed by atoms with Gasteiger partial charge in [0.15, 0.2) is 0 Å².